The third kappa shape index (κ3) is 14.1. The second-order valence-electron chi connectivity index (χ2n) is 2.49. The Balaban J connectivity index is 0. The van der Waals surface area contributed by atoms with E-state index in [2.05, 4.69) is 0 Å². The standard InChI is InChI=1S/C5H10O2.C3H10O3Si/c1-2-3-4-5(6)7;1-4-7(5-2)6-3/h2-4H2,1H3,(H,6,7);7H,1-3H3. The van der Waals surface area contributed by atoms with E-state index in [-0.39, 0.29) is 0 Å². The van der Waals surface area contributed by atoms with Gasteiger partial charge >= 0.3 is 15.5 Å². The summed E-state index contributed by atoms with van der Waals surface area (Å²) in [6, 6.07) is 0. The van der Waals surface area contributed by atoms with Gasteiger partial charge in [0.1, 0.15) is 0 Å². The average Bonchev–Trinajstić information content (AvgIpc) is 2.18. The number of unbranched alkanes of at least 4 members (excludes halogenated alkanes) is 1. The lowest BCUT2D eigenvalue weighted by Crippen LogP contribution is -2.21. The second-order valence-corrected chi connectivity index (χ2v) is 4.48. The van der Waals surface area contributed by atoms with Gasteiger partial charge < -0.3 is 18.4 Å². The van der Waals surface area contributed by atoms with Crippen molar-refractivity contribution in [2.45, 2.75) is 26.2 Å². The van der Waals surface area contributed by atoms with Crippen LogP contribution in [0, 0.1) is 0 Å². The van der Waals surface area contributed by atoms with Gasteiger partial charge in [-0.15, -0.1) is 0 Å². The average molecular weight is 224 g/mol. The molecule has 0 aromatic carbocycles. The molecule has 0 aliphatic rings. The van der Waals surface area contributed by atoms with Crippen LogP contribution in [0.4, 0.5) is 0 Å². The molecule has 14 heavy (non-hydrogen) atoms. The van der Waals surface area contributed by atoms with Gasteiger partial charge in [0.15, 0.2) is 0 Å². The van der Waals surface area contributed by atoms with Crippen molar-refractivity contribution in [3.05, 3.63) is 0 Å². The van der Waals surface area contributed by atoms with Crippen LogP contribution in [-0.2, 0) is 18.1 Å². The summed E-state index contributed by atoms with van der Waals surface area (Å²) in [6.45, 7) is 1.98. The molecule has 0 aromatic heterocycles. The third-order valence-electron chi connectivity index (χ3n) is 1.32. The van der Waals surface area contributed by atoms with E-state index in [4.69, 9.17) is 18.4 Å². The van der Waals surface area contributed by atoms with Crippen LogP contribution in [-0.4, -0.2) is 41.9 Å². The van der Waals surface area contributed by atoms with Crippen LogP contribution in [0.15, 0.2) is 0 Å². The third-order valence-corrected chi connectivity index (χ3v) is 2.48. The molecule has 0 aliphatic carbocycles. The summed E-state index contributed by atoms with van der Waals surface area (Å²) in [5.74, 6) is -0.693. The minimum atomic E-state index is -1.67. The minimum absolute atomic E-state index is 0.316. The van der Waals surface area contributed by atoms with E-state index in [0.29, 0.717) is 6.42 Å². The number of hydrogen-bond donors (Lipinski definition) is 1. The normalized spacial score (nSPS) is 9.50. The summed E-state index contributed by atoms with van der Waals surface area (Å²) >= 11 is 0. The number of carboxylic acids is 1. The molecule has 1 N–H and O–H groups in total. The smallest absolute Gasteiger partial charge is 0.481 e. The molecule has 86 valence electrons. The van der Waals surface area contributed by atoms with Crippen LogP contribution in [0.5, 0.6) is 0 Å². The largest absolute Gasteiger partial charge is 0.483 e. The first-order valence-corrected chi connectivity index (χ1v) is 5.83. The highest BCUT2D eigenvalue weighted by molar-refractivity contribution is 6.36. The highest BCUT2D eigenvalue weighted by Gasteiger charge is 2.04. The van der Waals surface area contributed by atoms with Gasteiger partial charge in [-0.25, -0.2) is 0 Å². The topological polar surface area (TPSA) is 65.0 Å². The number of carbonyl (C=O) groups is 1. The van der Waals surface area contributed by atoms with Gasteiger partial charge in [-0.3, -0.25) is 4.79 Å². The first-order chi connectivity index (χ1) is 6.62. The molecule has 5 nitrogen and oxygen atoms in total. The molecule has 0 saturated carbocycles. The molecule has 0 rings (SSSR count). The Kier molecular flexibility index (Phi) is 14.4. The van der Waals surface area contributed by atoms with E-state index in [0.717, 1.165) is 12.8 Å². The van der Waals surface area contributed by atoms with Crippen molar-refractivity contribution in [2.24, 2.45) is 0 Å². The molecule has 0 saturated heterocycles. The molecule has 0 aromatic rings. The molecule has 0 spiro atoms. The fourth-order valence-corrected chi connectivity index (χ4v) is 1.19. The molecule has 6 heteroatoms. The fraction of sp³-hybridized carbons (Fsp3) is 0.875. The van der Waals surface area contributed by atoms with Crippen molar-refractivity contribution in [1.29, 1.82) is 0 Å². The van der Waals surface area contributed by atoms with E-state index in [1.807, 2.05) is 6.92 Å². The quantitative estimate of drug-likeness (QED) is 0.679. The lowest BCUT2D eigenvalue weighted by atomic mass is 10.3. The molecular weight excluding hydrogens is 204 g/mol. The molecule has 0 bridgehead atoms. The Morgan fingerprint density at radius 3 is 1.71 bits per heavy atom. The molecule has 0 aliphatic heterocycles. The Morgan fingerprint density at radius 2 is 1.64 bits per heavy atom. The first-order valence-electron chi connectivity index (χ1n) is 4.42. The van der Waals surface area contributed by atoms with Crippen LogP contribution in [0.1, 0.15) is 26.2 Å². The van der Waals surface area contributed by atoms with Gasteiger partial charge in [-0.1, -0.05) is 13.3 Å². The summed E-state index contributed by atoms with van der Waals surface area (Å²) in [5.41, 5.74) is 0. The molecule has 0 unspecified atom stereocenters. The monoisotopic (exact) mass is 224 g/mol. The number of hydrogen-bond acceptors (Lipinski definition) is 4. The number of carboxylic acid groups (broad SMARTS) is 1. The lowest BCUT2D eigenvalue weighted by Gasteiger charge is -2.05. The van der Waals surface area contributed by atoms with Gasteiger partial charge in [0.05, 0.1) is 0 Å². The van der Waals surface area contributed by atoms with E-state index >= 15 is 0 Å². The zero-order valence-corrected chi connectivity index (χ0v) is 10.4. The zero-order chi connectivity index (χ0) is 11.4. The Hall–Kier alpha value is -0.433. The SMILES string of the molecule is CCCCC(=O)O.CO[SiH](OC)OC. The van der Waals surface area contributed by atoms with Crippen LogP contribution < -0.4 is 0 Å². The summed E-state index contributed by atoms with van der Waals surface area (Å²) in [7, 11) is 3.05. The van der Waals surface area contributed by atoms with Gasteiger partial charge in [0.2, 0.25) is 0 Å². The predicted octanol–water partition coefficient (Wildman–Crippen LogP) is 0.904. The molecule has 0 amide bonds. The van der Waals surface area contributed by atoms with Crippen LogP contribution in [0.3, 0.4) is 0 Å². The van der Waals surface area contributed by atoms with Crippen molar-refractivity contribution in [1.82, 2.24) is 0 Å². The maximum absolute atomic E-state index is 9.76. The maximum atomic E-state index is 9.76. The van der Waals surface area contributed by atoms with Gasteiger partial charge in [0, 0.05) is 27.8 Å². The summed E-state index contributed by atoms with van der Waals surface area (Å²) < 4.78 is 14.2. The van der Waals surface area contributed by atoms with Crippen molar-refractivity contribution >= 4 is 15.5 Å². The minimum Gasteiger partial charge on any atom is -0.481 e. The summed E-state index contributed by atoms with van der Waals surface area (Å²) in [6.07, 6.45) is 2.08. The van der Waals surface area contributed by atoms with Crippen LogP contribution in [0.25, 0.3) is 0 Å². The molecular formula is C8H20O5Si. The van der Waals surface area contributed by atoms with Gasteiger partial charge in [-0.05, 0) is 6.42 Å². The number of aliphatic carboxylic acids is 1. The van der Waals surface area contributed by atoms with E-state index < -0.39 is 15.5 Å². The van der Waals surface area contributed by atoms with Crippen molar-refractivity contribution in [3.8, 4) is 0 Å². The molecule has 0 atom stereocenters. The van der Waals surface area contributed by atoms with Crippen molar-refractivity contribution in [3.63, 3.8) is 0 Å². The molecule has 0 fully saturated rings. The fourth-order valence-electron chi connectivity index (χ4n) is 0.617. The maximum Gasteiger partial charge on any atom is 0.483 e. The van der Waals surface area contributed by atoms with Gasteiger partial charge in [0.25, 0.3) is 0 Å². The number of rotatable bonds is 6. The van der Waals surface area contributed by atoms with Crippen molar-refractivity contribution < 1.29 is 23.2 Å². The predicted molar refractivity (Wildman–Crippen MR) is 55.3 cm³/mol. The van der Waals surface area contributed by atoms with E-state index in [9.17, 15) is 4.79 Å². The van der Waals surface area contributed by atoms with Gasteiger partial charge in [-0.2, -0.15) is 0 Å². The molecule has 0 heterocycles. The summed E-state index contributed by atoms with van der Waals surface area (Å²) in [5, 5.41) is 8.04. The zero-order valence-electron chi connectivity index (χ0n) is 9.28. The Labute approximate surface area is 86.9 Å². The van der Waals surface area contributed by atoms with Crippen LogP contribution >= 0.6 is 0 Å². The second kappa shape index (κ2) is 12.6. The first kappa shape index (κ1) is 16.0. The Bertz CT molecular complexity index is 121. The highest BCUT2D eigenvalue weighted by atomic mass is 28.3. The lowest BCUT2D eigenvalue weighted by molar-refractivity contribution is -0.137. The highest BCUT2D eigenvalue weighted by Crippen LogP contribution is 1.91. The molecule has 0 radical (unpaired) electrons. The Morgan fingerprint density at radius 1 is 1.21 bits per heavy atom. The van der Waals surface area contributed by atoms with Crippen LogP contribution in [0.2, 0.25) is 0 Å². The van der Waals surface area contributed by atoms with Crippen molar-refractivity contribution in [2.75, 3.05) is 21.3 Å². The van der Waals surface area contributed by atoms with E-state index in [1.165, 1.54) is 0 Å². The van der Waals surface area contributed by atoms with E-state index in [1.54, 1.807) is 21.3 Å². The summed E-state index contributed by atoms with van der Waals surface area (Å²) in [4.78, 5) is 9.76.